The van der Waals surface area contributed by atoms with Crippen molar-refractivity contribution in [2.45, 2.75) is 37.8 Å². The predicted octanol–water partition coefficient (Wildman–Crippen LogP) is 2.52. The quantitative estimate of drug-likeness (QED) is 0.843. The van der Waals surface area contributed by atoms with Crippen LogP contribution in [-0.2, 0) is 0 Å². The molecule has 94 valence electrons. The van der Waals surface area contributed by atoms with Crippen molar-refractivity contribution in [3.05, 3.63) is 16.5 Å². The SMILES string of the molecule is CN(c1nc(Cl)ncc1Cl)C1CCCCC1O. The molecule has 2 atom stereocenters. The van der Waals surface area contributed by atoms with Gasteiger partial charge in [0.1, 0.15) is 5.02 Å². The third-order valence-corrected chi connectivity index (χ3v) is 3.67. The molecule has 1 heterocycles. The molecule has 4 nitrogen and oxygen atoms in total. The van der Waals surface area contributed by atoms with Gasteiger partial charge in [0, 0.05) is 7.05 Å². The van der Waals surface area contributed by atoms with Crippen LogP contribution < -0.4 is 4.90 Å². The van der Waals surface area contributed by atoms with Crippen LogP contribution in [0.2, 0.25) is 10.3 Å². The monoisotopic (exact) mass is 275 g/mol. The fourth-order valence-corrected chi connectivity index (χ4v) is 2.64. The van der Waals surface area contributed by atoms with Crippen molar-refractivity contribution in [3.63, 3.8) is 0 Å². The van der Waals surface area contributed by atoms with Crippen LogP contribution in [0.3, 0.4) is 0 Å². The first-order valence-electron chi connectivity index (χ1n) is 5.68. The lowest BCUT2D eigenvalue weighted by Crippen LogP contribution is -2.44. The van der Waals surface area contributed by atoms with Gasteiger partial charge in [0.2, 0.25) is 5.28 Å². The normalized spacial score (nSPS) is 24.7. The molecule has 1 aromatic heterocycles. The third kappa shape index (κ3) is 2.81. The molecule has 2 unspecified atom stereocenters. The summed E-state index contributed by atoms with van der Waals surface area (Å²) in [6.07, 6.45) is 5.10. The molecule has 0 saturated heterocycles. The van der Waals surface area contributed by atoms with Crippen LogP contribution >= 0.6 is 23.2 Å². The number of aliphatic hydroxyl groups is 1. The molecular formula is C11H15Cl2N3O. The molecule has 0 radical (unpaired) electrons. The van der Waals surface area contributed by atoms with Crippen LogP contribution in [0.15, 0.2) is 6.20 Å². The minimum Gasteiger partial charge on any atom is -0.391 e. The van der Waals surface area contributed by atoms with Gasteiger partial charge in [-0.3, -0.25) is 0 Å². The van der Waals surface area contributed by atoms with Crippen LogP contribution in [0.4, 0.5) is 5.82 Å². The second kappa shape index (κ2) is 5.38. The molecule has 0 bridgehead atoms. The number of aliphatic hydroxyl groups excluding tert-OH is 1. The lowest BCUT2D eigenvalue weighted by Gasteiger charge is -2.36. The van der Waals surface area contributed by atoms with Crippen molar-refractivity contribution in [1.29, 1.82) is 0 Å². The Morgan fingerprint density at radius 3 is 2.76 bits per heavy atom. The largest absolute Gasteiger partial charge is 0.391 e. The van der Waals surface area contributed by atoms with E-state index in [1.807, 2.05) is 11.9 Å². The highest BCUT2D eigenvalue weighted by molar-refractivity contribution is 6.33. The van der Waals surface area contributed by atoms with Crippen LogP contribution in [0.5, 0.6) is 0 Å². The Kier molecular flexibility index (Phi) is 4.07. The minimum absolute atomic E-state index is 0.0483. The lowest BCUT2D eigenvalue weighted by molar-refractivity contribution is 0.106. The van der Waals surface area contributed by atoms with E-state index in [-0.39, 0.29) is 17.4 Å². The molecule has 0 aromatic carbocycles. The first kappa shape index (κ1) is 12.9. The third-order valence-electron chi connectivity index (χ3n) is 3.22. The molecule has 0 amide bonds. The standard InChI is InChI=1S/C11H15Cl2N3O/c1-16(8-4-2-3-5-9(8)17)10-7(12)6-14-11(13)15-10/h6,8-9,17H,2-5H2,1H3. The van der Waals surface area contributed by atoms with Gasteiger partial charge in [-0.25, -0.2) is 4.98 Å². The van der Waals surface area contributed by atoms with E-state index >= 15 is 0 Å². The fraction of sp³-hybridized carbons (Fsp3) is 0.636. The van der Waals surface area contributed by atoms with E-state index < -0.39 is 0 Å². The Bertz CT molecular complexity index is 402. The maximum atomic E-state index is 10.00. The smallest absolute Gasteiger partial charge is 0.224 e. The highest BCUT2D eigenvalue weighted by Gasteiger charge is 2.28. The highest BCUT2D eigenvalue weighted by Crippen LogP contribution is 2.29. The molecule has 1 aromatic rings. The Morgan fingerprint density at radius 2 is 2.06 bits per heavy atom. The molecule has 6 heteroatoms. The van der Waals surface area contributed by atoms with Crippen LogP contribution in [0.25, 0.3) is 0 Å². The number of hydrogen-bond donors (Lipinski definition) is 1. The van der Waals surface area contributed by atoms with Crippen molar-refractivity contribution >= 4 is 29.0 Å². The summed E-state index contributed by atoms with van der Waals surface area (Å²) in [4.78, 5) is 9.84. The molecule has 1 N–H and O–H groups in total. The zero-order valence-corrected chi connectivity index (χ0v) is 11.1. The molecule has 0 spiro atoms. The maximum absolute atomic E-state index is 10.00. The summed E-state index contributed by atoms with van der Waals surface area (Å²) >= 11 is 11.8. The first-order chi connectivity index (χ1) is 8.09. The first-order valence-corrected chi connectivity index (χ1v) is 6.44. The predicted molar refractivity (Wildman–Crippen MR) is 68.7 cm³/mol. The van der Waals surface area contributed by atoms with Gasteiger partial charge >= 0.3 is 0 Å². The van der Waals surface area contributed by atoms with Crippen LogP contribution in [0, 0.1) is 0 Å². The number of anilines is 1. The number of hydrogen-bond acceptors (Lipinski definition) is 4. The summed E-state index contributed by atoms with van der Waals surface area (Å²) in [5.41, 5.74) is 0. The van der Waals surface area contributed by atoms with Gasteiger partial charge in [-0.05, 0) is 24.4 Å². The van der Waals surface area contributed by atoms with E-state index in [0.29, 0.717) is 10.8 Å². The number of likely N-dealkylation sites (N-methyl/N-ethyl adjacent to an activating group) is 1. The van der Waals surface area contributed by atoms with Crippen molar-refractivity contribution in [1.82, 2.24) is 9.97 Å². The van der Waals surface area contributed by atoms with E-state index in [1.165, 1.54) is 6.20 Å². The average Bonchev–Trinajstić information content (AvgIpc) is 2.32. The van der Waals surface area contributed by atoms with Crippen LogP contribution in [0.1, 0.15) is 25.7 Å². The molecule has 1 aliphatic rings. The maximum Gasteiger partial charge on any atom is 0.224 e. The van der Waals surface area contributed by atoms with Gasteiger partial charge in [-0.1, -0.05) is 24.4 Å². The van der Waals surface area contributed by atoms with Gasteiger partial charge in [-0.15, -0.1) is 0 Å². The number of aromatic nitrogens is 2. The fourth-order valence-electron chi connectivity index (χ4n) is 2.29. The van der Waals surface area contributed by atoms with Gasteiger partial charge in [-0.2, -0.15) is 4.98 Å². The molecule has 1 fully saturated rings. The second-order valence-corrected chi connectivity index (χ2v) is 5.09. The second-order valence-electron chi connectivity index (χ2n) is 4.34. The van der Waals surface area contributed by atoms with E-state index in [2.05, 4.69) is 9.97 Å². The lowest BCUT2D eigenvalue weighted by atomic mass is 9.91. The number of rotatable bonds is 2. The summed E-state index contributed by atoms with van der Waals surface area (Å²) in [5, 5.41) is 10.6. The molecular weight excluding hydrogens is 261 g/mol. The Hall–Kier alpha value is -0.580. The van der Waals surface area contributed by atoms with Gasteiger partial charge in [0.15, 0.2) is 5.82 Å². The van der Waals surface area contributed by atoms with E-state index in [0.717, 1.165) is 25.7 Å². The van der Waals surface area contributed by atoms with Crippen molar-refractivity contribution in [3.8, 4) is 0 Å². The molecule has 1 aliphatic carbocycles. The molecule has 2 rings (SSSR count). The zero-order chi connectivity index (χ0) is 12.4. The highest BCUT2D eigenvalue weighted by atomic mass is 35.5. The Balaban J connectivity index is 2.23. The van der Waals surface area contributed by atoms with Gasteiger partial charge in [0.05, 0.1) is 18.3 Å². The Morgan fingerprint density at radius 1 is 1.35 bits per heavy atom. The number of nitrogens with zero attached hydrogens (tertiary/aromatic N) is 3. The van der Waals surface area contributed by atoms with Crippen LogP contribution in [-0.4, -0.2) is 34.3 Å². The van der Waals surface area contributed by atoms with Crippen molar-refractivity contribution in [2.75, 3.05) is 11.9 Å². The molecule has 17 heavy (non-hydrogen) atoms. The topological polar surface area (TPSA) is 49.2 Å². The van der Waals surface area contributed by atoms with Gasteiger partial charge in [0.25, 0.3) is 0 Å². The minimum atomic E-state index is -0.335. The zero-order valence-electron chi connectivity index (χ0n) is 9.61. The van der Waals surface area contributed by atoms with Gasteiger partial charge < -0.3 is 10.0 Å². The molecule has 1 saturated carbocycles. The molecule has 0 aliphatic heterocycles. The van der Waals surface area contributed by atoms with Crippen molar-refractivity contribution in [2.24, 2.45) is 0 Å². The Labute approximate surface area is 111 Å². The number of halogens is 2. The summed E-state index contributed by atoms with van der Waals surface area (Å²) in [6.45, 7) is 0. The summed E-state index contributed by atoms with van der Waals surface area (Å²) in [7, 11) is 1.88. The van der Waals surface area contributed by atoms with E-state index in [4.69, 9.17) is 23.2 Å². The van der Waals surface area contributed by atoms with E-state index in [1.54, 1.807) is 0 Å². The summed E-state index contributed by atoms with van der Waals surface area (Å²) in [6, 6.07) is 0.0483. The van der Waals surface area contributed by atoms with E-state index in [9.17, 15) is 5.11 Å². The summed E-state index contributed by atoms with van der Waals surface area (Å²) < 4.78 is 0. The average molecular weight is 276 g/mol. The van der Waals surface area contributed by atoms with Crippen molar-refractivity contribution < 1.29 is 5.11 Å². The summed E-state index contributed by atoms with van der Waals surface area (Å²) in [5.74, 6) is 0.581.